The Labute approximate surface area is 225 Å². The quantitative estimate of drug-likeness (QED) is 0.258. The Balaban J connectivity index is 2.01. The molecule has 37 heavy (non-hydrogen) atoms. The summed E-state index contributed by atoms with van der Waals surface area (Å²) in [6, 6.07) is 14.0. The average molecular weight is 527 g/mol. The second kappa shape index (κ2) is 14.7. The maximum atomic E-state index is 13.1. The third-order valence-electron chi connectivity index (χ3n) is 6.87. The summed E-state index contributed by atoms with van der Waals surface area (Å²) in [6.07, 6.45) is 7.96. The number of rotatable bonds is 14. The van der Waals surface area contributed by atoms with Crippen molar-refractivity contribution in [3.8, 4) is 0 Å². The maximum absolute atomic E-state index is 13.1. The largest absolute Gasteiger partial charge is 0.389 e. The molecule has 2 atom stereocenters. The number of allylic oxidation sites excluding steroid dienone is 2. The topological polar surface area (TPSA) is 74.6 Å². The van der Waals surface area contributed by atoms with Crippen molar-refractivity contribution in [1.29, 1.82) is 0 Å². The first kappa shape index (κ1) is 31.0. The van der Waals surface area contributed by atoms with Crippen molar-refractivity contribution in [2.24, 2.45) is 11.8 Å². The fourth-order valence-electron chi connectivity index (χ4n) is 4.01. The number of hydrogen-bond donors (Lipinski definition) is 2. The zero-order valence-corrected chi connectivity index (χ0v) is 24.3. The highest BCUT2D eigenvalue weighted by atomic mass is 32.2. The van der Waals surface area contributed by atoms with E-state index in [2.05, 4.69) is 27.7 Å². The lowest BCUT2D eigenvalue weighted by atomic mass is 9.99. The van der Waals surface area contributed by atoms with E-state index in [4.69, 9.17) is 0 Å². The van der Waals surface area contributed by atoms with Crippen LogP contribution in [0.5, 0.6) is 0 Å². The third kappa shape index (κ3) is 10.2. The molecule has 0 bridgehead atoms. The van der Waals surface area contributed by atoms with Gasteiger partial charge in [-0.15, -0.1) is 0 Å². The van der Waals surface area contributed by atoms with Crippen LogP contribution < -0.4 is 0 Å². The second-order valence-corrected chi connectivity index (χ2v) is 13.0. The summed E-state index contributed by atoms with van der Waals surface area (Å²) in [6.45, 7) is 12.5. The number of aliphatic hydroxyl groups excluding tert-OH is 2. The van der Waals surface area contributed by atoms with Gasteiger partial charge < -0.3 is 10.2 Å². The van der Waals surface area contributed by atoms with Crippen LogP contribution in [0.2, 0.25) is 0 Å². The van der Waals surface area contributed by atoms with Gasteiger partial charge in [0, 0.05) is 0 Å². The Hall–Kier alpha value is -2.21. The first-order valence-electron chi connectivity index (χ1n) is 13.5. The molecule has 0 spiro atoms. The molecule has 2 rings (SSSR count). The van der Waals surface area contributed by atoms with E-state index in [0.29, 0.717) is 24.7 Å². The smallest absolute Gasteiger partial charge is 0.206 e. The van der Waals surface area contributed by atoms with Gasteiger partial charge >= 0.3 is 0 Å². The van der Waals surface area contributed by atoms with Crippen molar-refractivity contribution in [3.63, 3.8) is 0 Å². The monoisotopic (exact) mass is 526 g/mol. The van der Waals surface area contributed by atoms with Crippen molar-refractivity contribution < 1.29 is 18.6 Å². The van der Waals surface area contributed by atoms with Gasteiger partial charge in [0.05, 0.1) is 22.0 Å². The number of hydrogen-bond acceptors (Lipinski definition) is 4. The van der Waals surface area contributed by atoms with Gasteiger partial charge in [-0.2, -0.15) is 0 Å². The maximum Gasteiger partial charge on any atom is 0.206 e. The van der Waals surface area contributed by atoms with Crippen LogP contribution in [0.15, 0.2) is 81.6 Å². The highest BCUT2D eigenvalue weighted by molar-refractivity contribution is 7.91. The standard InChI is InChI=1S/C32H46O4S/c1-23(2)7-21-31(33)25(5)9-11-27-13-17-29(18-14-27)37(35,36)30-19-15-28(16-20-30)12-10-26(6)32(34)22-8-24(3)4/h9-10,13-20,23-24,31-34H,7-8,11-12,21-22H2,1-6H3. The minimum absolute atomic E-state index is 0.269. The zero-order chi connectivity index (χ0) is 27.6. The summed E-state index contributed by atoms with van der Waals surface area (Å²) < 4.78 is 26.3. The molecule has 0 radical (unpaired) electrons. The highest BCUT2D eigenvalue weighted by Gasteiger charge is 2.17. The van der Waals surface area contributed by atoms with Crippen LogP contribution >= 0.6 is 0 Å². The molecule has 2 aromatic rings. The predicted molar refractivity (Wildman–Crippen MR) is 153 cm³/mol. The summed E-state index contributed by atoms with van der Waals surface area (Å²) in [5.41, 5.74) is 3.91. The molecule has 0 aliphatic carbocycles. The van der Waals surface area contributed by atoms with E-state index in [1.807, 2.05) is 50.3 Å². The number of sulfone groups is 1. The lowest BCUT2D eigenvalue weighted by Gasteiger charge is -2.13. The molecular weight excluding hydrogens is 480 g/mol. The summed E-state index contributed by atoms with van der Waals surface area (Å²) in [7, 11) is -3.60. The molecule has 0 saturated heterocycles. The molecule has 0 saturated carbocycles. The van der Waals surface area contributed by atoms with E-state index < -0.39 is 22.0 Å². The molecule has 4 nitrogen and oxygen atoms in total. The molecule has 2 N–H and O–H groups in total. The minimum atomic E-state index is -3.60. The Morgan fingerprint density at radius 3 is 1.27 bits per heavy atom. The van der Waals surface area contributed by atoms with E-state index in [-0.39, 0.29) is 9.79 Å². The normalized spacial score (nSPS) is 14.9. The number of aliphatic hydroxyl groups is 2. The van der Waals surface area contributed by atoms with Gasteiger partial charge in [-0.1, -0.05) is 64.1 Å². The van der Waals surface area contributed by atoms with Crippen LogP contribution in [0.25, 0.3) is 0 Å². The van der Waals surface area contributed by atoms with Gasteiger partial charge in [0.1, 0.15) is 0 Å². The van der Waals surface area contributed by atoms with Crippen molar-refractivity contribution in [3.05, 3.63) is 83.0 Å². The number of benzene rings is 2. The van der Waals surface area contributed by atoms with Crippen molar-refractivity contribution in [2.75, 3.05) is 0 Å². The van der Waals surface area contributed by atoms with E-state index in [1.165, 1.54) is 0 Å². The molecule has 2 unspecified atom stereocenters. The first-order chi connectivity index (χ1) is 17.4. The second-order valence-electron chi connectivity index (χ2n) is 11.1. The SMILES string of the molecule is CC(=CCc1ccc(S(=O)(=O)c2ccc(CC=C(C)C(O)CCC(C)C)cc2)cc1)C(O)CCC(C)C. The third-order valence-corrected chi connectivity index (χ3v) is 8.66. The molecule has 0 aliphatic rings. The first-order valence-corrected chi connectivity index (χ1v) is 15.0. The van der Waals surface area contributed by atoms with Gasteiger partial charge in [-0.05, 0) is 111 Å². The van der Waals surface area contributed by atoms with Gasteiger partial charge in [0.15, 0.2) is 0 Å². The molecular formula is C32H46O4S. The van der Waals surface area contributed by atoms with Crippen molar-refractivity contribution in [1.82, 2.24) is 0 Å². The van der Waals surface area contributed by atoms with Crippen LogP contribution in [0.3, 0.4) is 0 Å². The Kier molecular flexibility index (Phi) is 12.3. The summed E-state index contributed by atoms with van der Waals surface area (Å²) in [4.78, 5) is 0.538. The molecule has 204 valence electrons. The molecule has 0 aromatic heterocycles. The molecule has 0 heterocycles. The molecule has 0 fully saturated rings. The zero-order valence-electron chi connectivity index (χ0n) is 23.4. The van der Waals surface area contributed by atoms with Gasteiger partial charge in [0.25, 0.3) is 0 Å². The van der Waals surface area contributed by atoms with E-state index >= 15 is 0 Å². The summed E-state index contributed by atoms with van der Waals surface area (Å²) in [5, 5.41) is 20.6. The Bertz CT molecular complexity index is 1040. The predicted octanol–water partition coefficient (Wildman–Crippen LogP) is 7.09. The lowest BCUT2D eigenvalue weighted by molar-refractivity contribution is 0.191. The Morgan fingerprint density at radius 1 is 0.649 bits per heavy atom. The van der Waals surface area contributed by atoms with Crippen LogP contribution in [-0.2, 0) is 22.7 Å². The van der Waals surface area contributed by atoms with Crippen LogP contribution in [0, 0.1) is 11.8 Å². The molecule has 0 aliphatic heterocycles. The van der Waals surface area contributed by atoms with Gasteiger partial charge in [-0.3, -0.25) is 0 Å². The molecule has 2 aromatic carbocycles. The van der Waals surface area contributed by atoms with Crippen molar-refractivity contribution >= 4 is 9.84 Å². The van der Waals surface area contributed by atoms with Crippen LogP contribution in [-0.4, -0.2) is 30.8 Å². The van der Waals surface area contributed by atoms with E-state index in [1.54, 1.807) is 24.3 Å². The van der Waals surface area contributed by atoms with E-state index in [0.717, 1.165) is 48.0 Å². The molecule has 0 amide bonds. The minimum Gasteiger partial charge on any atom is -0.389 e. The summed E-state index contributed by atoms with van der Waals surface area (Å²) in [5.74, 6) is 1.13. The van der Waals surface area contributed by atoms with Crippen LogP contribution in [0.4, 0.5) is 0 Å². The average Bonchev–Trinajstić information content (AvgIpc) is 2.87. The lowest BCUT2D eigenvalue weighted by Crippen LogP contribution is -2.09. The van der Waals surface area contributed by atoms with E-state index in [9.17, 15) is 18.6 Å². The van der Waals surface area contributed by atoms with Crippen molar-refractivity contribution in [2.45, 2.75) is 102 Å². The van der Waals surface area contributed by atoms with Gasteiger partial charge in [-0.25, -0.2) is 8.42 Å². The molecule has 5 heteroatoms. The highest BCUT2D eigenvalue weighted by Crippen LogP contribution is 2.23. The fourth-order valence-corrected chi connectivity index (χ4v) is 5.27. The van der Waals surface area contributed by atoms with Crippen LogP contribution in [0.1, 0.15) is 78.4 Å². The summed E-state index contributed by atoms with van der Waals surface area (Å²) >= 11 is 0. The fraction of sp³-hybridized carbons (Fsp3) is 0.500. The van der Waals surface area contributed by atoms with Gasteiger partial charge in [0.2, 0.25) is 9.84 Å². The Morgan fingerprint density at radius 2 is 0.973 bits per heavy atom.